The van der Waals surface area contributed by atoms with E-state index in [1.807, 2.05) is 36.4 Å². The van der Waals surface area contributed by atoms with Gasteiger partial charge in [-0.25, -0.2) is 0 Å². The zero-order chi connectivity index (χ0) is 14.7. The highest BCUT2D eigenvalue weighted by Crippen LogP contribution is 2.29. The molecule has 0 atom stereocenters. The molecule has 3 aromatic rings. The molecule has 0 bridgehead atoms. The molecule has 1 N–H and O–H groups in total. The van der Waals surface area contributed by atoms with Crippen molar-refractivity contribution in [3.05, 3.63) is 65.9 Å². The van der Waals surface area contributed by atoms with Crippen molar-refractivity contribution in [1.82, 2.24) is 4.98 Å². The average Bonchev–Trinajstić information content (AvgIpc) is 2.55. The Morgan fingerprint density at radius 1 is 1.14 bits per heavy atom. The molecule has 0 amide bonds. The van der Waals surface area contributed by atoms with Gasteiger partial charge in [0.25, 0.3) is 0 Å². The van der Waals surface area contributed by atoms with E-state index in [9.17, 15) is 5.26 Å². The van der Waals surface area contributed by atoms with Crippen molar-refractivity contribution < 1.29 is 0 Å². The lowest BCUT2D eigenvalue weighted by atomic mass is 10.1. The van der Waals surface area contributed by atoms with Gasteiger partial charge < -0.3 is 5.32 Å². The number of aromatic nitrogens is 1. The quantitative estimate of drug-likeness (QED) is 0.768. The van der Waals surface area contributed by atoms with Gasteiger partial charge in [0.2, 0.25) is 0 Å². The molecule has 0 fully saturated rings. The first-order valence-electron chi connectivity index (χ1n) is 6.95. The van der Waals surface area contributed by atoms with Crippen molar-refractivity contribution >= 4 is 22.3 Å². The zero-order valence-corrected chi connectivity index (χ0v) is 11.8. The van der Waals surface area contributed by atoms with Gasteiger partial charge in [-0.1, -0.05) is 31.2 Å². The second-order valence-corrected chi connectivity index (χ2v) is 4.85. The van der Waals surface area contributed by atoms with Gasteiger partial charge in [-0.05, 0) is 36.2 Å². The fraction of sp³-hybridized carbons (Fsp3) is 0.111. The van der Waals surface area contributed by atoms with E-state index in [4.69, 9.17) is 0 Å². The Labute approximate surface area is 123 Å². The maximum Gasteiger partial charge on any atom is 0.103 e. The molecule has 1 heterocycles. The standard InChI is InChI=1S/C18H15N3/c1-2-13-8-9-17-16(10-13)18(14(11-19)12-20-17)21-15-6-4-3-5-7-15/h3-10,12H,2H2,1H3,(H,20,21). The summed E-state index contributed by atoms with van der Waals surface area (Å²) in [6, 6.07) is 18.3. The van der Waals surface area contributed by atoms with Crippen molar-refractivity contribution in [3.63, 3.8) is 0 Å². The van der Waals surface area contributed by atoms with Crippen molar-refractivity contribution in [2.24, 2.45) is 0 Å². The summed E-state index contributed by atoms with van der Waals surface area (Å²) in [5.74, 6) is 0. The first-order valence-corrected chi connectivity index (χ1v) is 6.95. The maximum atomic E-state index is 9.35. The van der Waals surface area contributed by atoms with Crippen LogP contribution in [-0.2, 0) is 6.42 Å². The zero-order valence-electron chi connectivity index (χ0n) is 11.8. The highest BCUT2D eigenvalue weighted by Gasteiger charge is 2.09. The summed E-state index contributed by atoms with van der Waals surface area (Å²) in [5.41, 5.74) is 4.46. The molecule has 0 spiro atoms. The number of nitrogens with zero attached hydrogens (tertiary/aromatic N) is 2. The molecule has 0 saturated heterocycles. The van der Waals surface area contributed by atoms with Gasteiger partial charge in [0.05, 0.1) is 16.8 Å². The third-order valence-corrected chi connectivity index (χ3v) is 3.50. The van der Waals surface area contributed by atoms with E-state index >= 15 is 0 Å². The largest absolute Gasteiger partial charge is 0.354 e. The van der Waals surface area contributed by atoms with Crippen LogP contribution < -0.4 is 5.32 Å². The molecule has 3 heteroatoms. The molecule has 0 saturated carbocycles. The van der Waals surface area contributed by atoms with Crippen molar-refractivity contribution in [2.75, 3.05) is 5.32 Å². The summed E-state index contributed by atoms with van der Waals surface area (Å²) < 4.78 is 0. The lowest BCUT2D eigenvalue weighted by Gasteiger charge is -2.12. The third-order valence-electron chi connectivity index (χ3n) is 3.50. The summed E-state index contributed by atoms with van der Waals surface area (Å²) in [6.07, 6.45) is 2.58. The van der Waals surface area contributed by atoms with Gasteiger partial charge in [0.1, 0.15) is 6.07 Å². The molecule has 102 valence electrons. The van der Waals surface area contributed by atoms with Crippen molar-refractivity contribution in [1.29, 1.82) is 5.26 Å². The highest BCUT2D eigenvalue weighted by molar-refractivity contribution is 5.96. The van der Waals surface area contributed by atoms with Crippen LogP contribution in [-0.4, -0.2) is 4.98 Å². The topological polar surface area (TPSA) is 48.7 Å². The van der Waals surface area contributed by atoms with Crippen LogP contribution in [0.25, 0.3) is 10.9 Å². The van der Waals surface area contributed by atoms with Crippen LogP contribution in [0.15, 0.2) is 54.7 Å². The predicted octanol–water partition coefficient (Wildman–Crippen LogP) is 4.41. The maximum absolute atomic E-state index is 9.35. The van der Waals surface area contributed by atoms with E-state index in [-0.39, 0.29) is 0 Å². The number of nitrogens with one attached hydrogen (secondary N) is 1. The predicted molar refractivity (Wildman–Crippen MR) is 85.6 cm³/mol. The van der Waals surface area contributed by atoms with E-state index < -0.39 is 0 Å². The Bertz CT molecular complexity index is 817. The Hall–Kier alpha value is -2.86. The lowest BCUT2D eigenvalue weighted by Crippen LogP contribution is -1.97. The van der Waals surface area contributed by atoms with Crippen LogP contribution in [0, 0.1) is 11.3 Å². The number of rotatable bonds is 3. The number of fused-ring (bicyclic) bond motifs is 1. The van der Waals surface area contributed by atoms with Gasteiger partial charge in [0.15, 0.2) is 0 Å². The van der Waals surface area contributed by atoms with Gasteiger partial charge in [0, 0.05) is 17.3 Å². The Morgan fingerprint density at radius 2 is 1.95 bits per heavy atom. The summed E-state index contributed by atoms with van der Waals surface area (Å²) in [5, 5.41) is 13.7. The highest BCUT2D eigenvalue weighted by atomic mass is 14.9. The van der Waals surface area contributed by atoms with Crippen molar-refractivity contribution in [3.8, 4) is 6.07 Å². The van der Waals surface area contributed by atoms with Gasteiger partial charge in [-0.15, -0.1) is 0 Å². The Kier molecular flexibility index (Phi) is 3.53. The van der Waals surface area contributed by atoms with E-state index in [0.717, 1.165) is 28.7 Å². The Balaban J connectivity index is 2.20. The number of hydrogen-bond donors (Lipinski definition) is 1. The molecular weight excluding hydrogens is 258 g/mol. The van der Waals surface area contributed by atoms with Crippen LogP contribution >= 0.6 is 0 Å². The molecule has 0 aliphatic rings. The molecule has 0 unspecified atom stereocenters. The molecular formula is C18H15N3. The van der Waals surface area contributed by atoms with Crippen molar-refractivity contribution in [2.45, 2.75) is 13.3 Å². The number of hydrogen-bond acceptors (Lipinski definition) is 3. The number of nitriles is 1. The second-order valence-electron chi connectivity index (χ2n) is 4.85. The summed E-state index contributed by atoms with van der Waals surface area (Å²) in [4.78, 5) is 4.37. The van der Waals surface area contributed by atoms with E-state index in [2.05, 4.69) is 35.4 Å². The van der Waals surface area contributed by atoms with Gasteiger partial charge in [-0.2, -0.15) is 5.26 Å². The van der Waals surface area contributed by atoms with Crippen LogP contribution in [0.3, 0.4) is 0 Å². The summed E-state index contributed by atoms with van der Waals surface area (Å²) in [6.45, 7) is 2.12. The normalized spacial score (nSPS) is 10.3. The minimum absolute atomic E-state index is 0.555. The smallest absolute Gasteiger partial charge is 0.103 e. The van der Waals surface area contributed by atoms with E-state index in [0.29, 0.717) is 5.56 Å². The summed E-state index contributed by atoms with van der Waals surface area (Å²) in [7, 11) is 0. The fourth-order valence-electron chi connectivity index (χ4n) is 2.34. The van der Waals surface area contributed by atoms with E-state index in [1.54, 1.807) is 6.20 Å². The molecule has 3 rings (SSSR count). The summed E-state index contributed by atoms with van der Waals surface area (Å²) >= 11 is 0. The molecule has 1 aromatic heterocycles. The van der Waals surface area contributed by atoms with Crippen LogP contribution in [0.2, 0.25) is 0 Å². The third kappa shape index (κ3) is 2.56. The van der Waals surface area contributed by atoms with Crippen LogP contribution in [0.5, 0.6) is 0 Å². The minimum Gasteiger partial charge on any atom is -0.354 e. The average molecular weight is 273 g/mol. The van der Waals surface area contributed by atoms with Gasteiger partial charge >= 0.3 is 0 Å². The number of benzene rings is 2. The number of aryl methyl sites for hydroxylation is 1. The molecule has 2 aromatic carbocycles. The monoisotopic (exact) mass is 273 g/mol. The second kappa shape index (κ2) is 5.64. The molecule has 21 heavy (non-hydrogen) atoms. The lowest BCUT2D eigenvalue weighted by molar-refractivity contribution is 1.14. The SMILES string of the molecule is CCc1ccc2ncc(C#N)c(Nc3ccccc3)c2c1. The number of pyridine rings is 1. The number of anilines is 2. The minimum atomic E-state index is 0.555. The Morgan fingerprint density at radius 3 is 2.67 bits per heavy atom. The molecule has 0 radical (unpaired) electrons. The van der Waals surface area contributed by atoms with Crippen LogP contribution in [0.4, 0.5) is 11.4 Å². The molecule has 0 aliphatic heterocycles. The van der Waals surface area contributed by atoms with Crippen LogP contribution in [0.1, 0.15) is 18.1 Å². The fourth-order valence-corrected chi connectivity index (χ4v) is 2.34. The number of para-hydroxylation sites is 1. The molecule has 0 aliphatic carbocycles. The first kappa shape index (κ1) is 13.1. The molecule has 3 nitrogen and oxygen atoms in total. The van der Waals surface area contributed by atoms with E-state index in [1.165, 1.54) is 5.56 Å². The van der Waals surface area contributed by atoms with Gasteiger partial charge in [-0.3, -0.25) is 4.98 Å². The first-order chi connectivity index (χ1) is 10.3.